The Hall–Kier alpha value is -2.17. The summed E-state index contributed by atoms with van der Waals surface area (Å²) < 4.78 is 0. The van der Waals surface area contributed by atoms with Gasteiger partial charge in [-0.15, -0.1) is 0 Å². The number of hydrogen-bond donors (Lipinski definition) is 3. The molecule has 1 atom stereocenters. The largest absolute Gasteiger partial charge is 0.394 e. The topological polar surface area (TPSA) is 61.4 Å². The Morgan fingerprint density at radius 2 is 1.76 bits per heavy atom. The van der Waals surface area contributed by atoms with Gasteiger partial charge in [-0.05, 0) is 23.3 Å². The quantitative estimate of drug-likeness (QED) is 0.759. The normalized spacial score (nSPS) is 11.9. The Morgan fingerprint density at radius 1 is 1.10 bits per heavy atom. The van der Waals surface area contributed by atoms with E-state index in [0.29, 0.717) is 12.1 Å². The first-order chi connectivity index (χ1) is 10.2. The van der Waals surface area contributed by atoms with Crippen LogP contribution in [0.2, 0.25) is 0 Å². The van der Waals surface area contributed by atoms with E-state index in [9.17, 15) is 9.90 Å². The molecule has 21 heavy (non-hydrogen) atoms. The molecule has 0 aliphatic heterocycles. The number of aliphatic hydroxyl groups excluding tert-OH is 1. The van der Waals surface area contributed by atoms with E-state index in [1.165, 1.54) is 0 Å². The molecule has 0 saturated carbocycles. The molecule has 1 amide bonds. The highest BCUT2D eigenvalue weighted by Crippen LogP contribution is 2.13. The number of aliphatic hydroxyl groups is 1. The van der Waals surface area contributed by atoms with Crippen molar-refractivity contribution in [3.8, 4) is 0 Å². The van der Waals surface area contributed by atoms with Crippen LogP contribution in [0.4, 0.5) is 0 Å². The molecule has 0 radical (unpaired) electrons. The van der Waals surface area contributed by atoms with E-state index < -0.39 is 0 Å². The summed E-state index contributed by atoms with van der Waals surface area (Å²) in [5.41, 5.74) is 2.77. The SMILES string of the molecule is CNC(=O)c1ccc(CN[C@@H](CO)c2ccccc2)cc1. The van der Waals surface area contributed by atoms with Crippen molar-refractivity contribution in [2.45, 2.75) is 12.6 Å². The Bertz CT molecular complexity index is 567. The van der Waals surface area contributed by atoms with Gasteiger partial charge in [0.25, 0.3) is 5.91 Å². The van der Waals surface area contributed by atoms with Gasteiger partial charge in [0.05, 0.1) is 12.6 Å². The molecule has 2 rings (SSSR count). The summed E-state index contributed by atoms with van der Waals surface area (Å²) in [5, 5.41) is 15.4. The van der Waals surface area contributed by atoms with Crippen LogP contribution in [0.5, 0.6) is 0 Å². The monoisotopic (exact) mass is 284 g/mol. The highest BCUT2D eigenvalue weighted by molar-refractivity contribution is 5.93. The summed E-state index contributed by atoms with van der Waals surface area (Å²) in [6.07, 6.45) is 0. The number of nitrogens with one attached hydrogen (secondary N) is 2. The fourth-order valence-electron chi connectivity index (χ4n) is 2.13. The molecule has 0 heterocycles. The molecule has 110 valence electrons. The van der Waals surface area contributed by atoms with Crippen LogP contribution in [-0.4, -0.2) is 24.7 Å². The number of amides is 1. The van der Waals surface area contributed by atoms with Crippen molar-refractivity contribution in [3.63, 3.8) is 0 Å². The predicted octanol–water partition coefficient (Wildman–Crippen LogP) is 1.87. The summed E-state index contributed by atoms with van der Waals surface area (Å²) in [5.74, 6) is -0.0907. The van der Waals surface area contributed by atoms with Crippen LogP contribution in [-0.2, 0) is 6.54 Å². The van der Waals surface area contributed by atoms with Crippen LogP contribution in [0.25, 0.3) is 0 Å². The van der Waals surface area contributed by atoms with Crippen LogP contribution in [0, 0.1) is 0 Å². The Balaban J connectivity index is 1.97. The molecule has 2 aromatic carbocycles. The van der Waals surface area contributed by atoms with Crippen molar-refractivity contribution >= 4 is 5.91 Å². The van der Waals surface area contributed by atoms with Crippen LogP contribution >= 0.6 is 0 Å². The summed E-state index contributed by atoms with van der Waals surface area (Å²) in [6, 6.07) is 17.2. The van der Waals surface area contributed by atoms with Crippen LogP contribution in [0.15, 0.2) is 54.6 Å². The van der Waals surface area contributed by atoms with Gasteiger partial charge < -0.3 is 15.7 Å². The van der Waals surface area contributed by atoms with E-state index in [2.05, 4.69) is 10.6 Å². The molecule has 0 fully saturated rings. The van der Waals surface area contributed by atoms with Gasteiger partial charge in [0.2, 0.25) is 0 Å². The first-order valence-electron chi connectivity index (χ1n) is 6.95. The lowest BCUT2D eigenvalue weighted by molar-refractivity contribution is 0.0963. The molecule has 0 aromatic heterocycles. The zero-order valence-corrected chi connectivity index (χ0v) is 12.0. The molecule has 4 heteroatoms. The molecule has 0 saturated heterocycles. The second kappa shape index (κ2) is 7.57. The van der Waals surface area contributed by atoms with Gasteiger partial charge >= 0.3 is 0 Å². The van der Waals surface area contributed by atoms with E-state index in [0.717, 1.165) is 11.1 Å². The molecule has 3 N–H and O–H groups in total. The Morgan fingerprint density at radius 3 is 2.33 bits per heavy atom. The molecule has 4 nitrogen and oxygen atoms in total. The first-order valence-corrected chi connectivity index (χ1v) is 6.95. The van der Waals surface area contributed by atoms with Crippen molar-refractivity contribution in [3.05, 3.63) is 71.3 Å². The zero-order chi connectivity index (χ0) is 15.1. The number of benzene rings is 2. The van der Waals surface area contributed by atoms with E-state index >= 15 is 0 Å². The summed E-state index contributed by atoms with van der Waals surface area (Å²) >= 11 is 0. The zero-order valence-electron chi connectivity index (χ0n) is 12.0. The summed E-state index contributed by atoms with van der Waals surface area (Å²) in [6.45, 7) is 0.675. The molecular formula is C17H20N2O2. The number of rotatable bonds is 6. The molecular weight excluding hydrogens is 264 g/mol. The van der Waals surface area contributed by atoms with Crippen LogP contribution < -0.4 is 10.6 Å². The minimum atomic E-state index is -0.0928. The summed E-state index contributed by atoms with van der Waals surface area (Å²) in [7, 11) is 1.61. The van der Waals surface area contributed by atoms with Crippen molar-refractivity contribution in [2.75, 3.05) is 13.7 Å². The van der Waals surface area contributed by atoms with Gasteiger partial charge in [0.15, 0.2) is 0 Å². The van der Waals surface area contributed by atoms with Crippen LogP contribution in [0.1, 0.15) is 27.5 Å². The van der Waals surface area contributed by atoms with Crippen LogP contribution in [0.3, 0.4) is 0 Å². The molecule has 0 bridgehead atoms. The fourth-order valence-corrected chi connectivity index (χ4v) is 2.13. The minimum absolute atomic E-state index is 0.0420. The average Bonchev–Trinajstić information content (AvgIpc) is 2.56. The number of carbonyl (C=O) groups is 1. The molecule has 0 aliphatic rings. The van der Waals surface area contributed by atoms with Gasteiger partial charge in [-0.3, -0.25) is 4.79 Å². The Kier molecular flexibility index (Phi) is 5.49. The lowest BCUT2D eigenvalue weighted by Gasteiger charge is -2.16. The molecule has 0 unspecified atom stereocenters. The minimum Gasteiger partial charge on any atom is -0.394 e. The van der Waals surface area contributed by atoms with Crippen molar-refractivity contribution < 1.29 is 9.90 Å². The third kappa shape index (κ3) is 4.15. The van der Waals surface area contributed by atoms with Gasteiger partial charge in [-0.1, -0.05) is 42.5 Å². The molecule has 0 aliphatic carbocycles. The van der Waals surface area contributed by atoms with E-state index in [-0.39, 0.29) is 18.6 Å². The van der Waals surface area contributed by atoms with Gasteiger partial charge in [0.1, 0.15) is 0 Å². The standard InChI is InChI=1S/C17H20N2O2/c1-18-17(21)15-9-7-13(8-10-15)11-19-16(12-20)14-5-3-2-4-6-14/h2-10,16,19-20H,11-12H2,1H3,(H,18,21)/t16-/m0/s1. The van der Waals surface area contributed by atoms with Gasteiger partial charge in [0, 0.05) is 19.2 Å². The van der Waals surface area contributed by atoms with E-state index in [4.69, 9.17) is 0 Å². The Labute approximate surface area is 124 Å². The average molecular weight is 284 g/mol. The third-order valence-corrected chi connectivity index (χ3v) is 3.38. The maximum atomic E-state index is 11.5. The van der Waals surface area contributed by atoms with Crippen molar-refractivity contribution in [2.24, 2.45) is 0 Å². The highest BCUT2D eigenvalue weighted by Gasteiger charge is 2.09. The predicted molar refractivity (Wildman–Crippen MR) is 82.9 cm³/mol. The van der Waals surface area contributed by atoms with Crippen molar-refractivity contribution in [1.82, 2.24) is 10.6 Å². The maximum Gasteiger partial charge on any atom is 0.251 e. The first kappa shape index (κ1) is 15.2. The summed E-state index contributed by atoms with van der Waals surface area (Å²) in [4.78, 5) is 11.5. The lowest BCUT2D eigenvalue weighted by Crippen LogP contribution is -2.24. The molecule has 2 aromatic rings. The van der Waals surface area contributed by atoms with E-state index in [1.54, 1.807) is 19.2 Å². The second-order valence-corrected chi connectivity index (χ2v) is 4.80. The fraction of sp³-hybridized carbons (Fsp3) is 0.235. The molecule has 0 spiro atoms. The number of hydrogen-bond acceptors (Lipinski definition) is 3. The highest BCUT2D eigenvalue weighted by atomic mass is 16.3. The third-order valence-electron chi connectivity index (χ3n) is 3.38. The van der Waals surface area contributed by atoms with Crippen molar-refractivity contribution in [1.29, 1.82) is 0 Å². The second-order valence-electron chi connectivity index (χ2n) is 4.80. The smallest absolute Gasteiger partial charge is 0.251 e. The van der Waals surface area contributed by atoms with Gasteiger partial charge in [-0.25, -0.2) is 0 Å². The lowest BCUT2D eigenvalue weighted by atomic mass is 10.1. The van der Waals surface area contributed by atoms with E-state index in [1.807, 2.05) is 42.5 Å². The van der Waals surface area contributed by atoms with Gasteiger partial charge in [-0.2, -0.15) is 0 Å². The maximum absolute atomic E-state index is 11.5. The number of carbonyl (C=O) groups excluding carboxylic acids is 1.